The van der Waals surface area contributed by atoms with E-state index in [4.69, 9.17) is 0 Å². The van der Waals surface area contributed by atoms with Gasteiger partial charge in [-0.3, -0.25) is 0 Å². The molecule has 0 saturated heterocycles. The highest BCUT2D eigenvalue weighted by Crippen LogP contribution is 2.57. The van der Waals surface area contributed by atoms with E-state index < -0.39 is 50.8 Å². The fourth-order valence-corrected chi connectivity index (χ4v) is 2.01. The molecule has 0 spiro atoms. The van der Waals surface area contributed by atoms with Crippen molar-refractivity contribution < 1.29 is 52.7 Å². The minimum absolute atomic E-state index is 1.26. The van der Waals surface area contributed by atoms with E-state index in [0.29, 0.717) is 0 Å². The molecule has 0 amide bonds. The molecule has 24 heavy (non-hydrogen) atoms. The Kier molecular flexibility index (Phi) is 6.08. The van der Waals surface area contributed by atoms with Crippen LogP contribution in [0.1, 0.15) is 0 Å². The summed E-state index contributed by atoms with van der Waals surface area (Å²) in [7, 11) is -2.77. The summed E-state index contributed by atoms with van der Waals surface area (Å²) in [6.07, 6.45) is -5.48. The van der Waals surface area contributed by atoms with Crippen molar-refractivity contribution in [1.29, 1.82) is 0 Å². The lowest BCUT2D eigenvalue weighted by Crippen LogP contribution is -2.70. The van der Waals surface area contributed by atoms with Crippen molar-refractivity contribution in [3.8, 4) is 0 Å². The van der Waals surface area contributed by atoms with Gasteiger partial charge in [0.1, 0.15) is 8.24 Å². The smallest absolute Gasteiger partial charge is 0.332 e. The monoisotopic (exact) mass is 403 g/mol. The fourth-order valence-electron chi connectivity index (χ4n) is 1.26. The lowest BCUT2D eigenvalue weighted by Gasteiger charge is -2.39. The molecule has 0 bridgehead atoms. The van der Waals surface area contributed by atoms with Crippen LogP contribution < -0.4 is 4.98 Å². The molecular weight excluding hydrogens is 390 g/mol. The van der Waals surface area contributed by atoms with Crippen LogP contribution in [0.25, 0.3) is 0 Å². The van der Waals surface area contributed by atoms with Crippen molar-refractivity contribution in [1.82, 2.24) is 4.98 Å². The number of alkyl halides is 12. The fraction of sp³-hybridized carbons (Fsp3) is 1.00. The van der Waals surface area contributed by atoms with Crippen LogP contribution in [0, 0.1) is 0 Å². The van der Waals surface area contributed by atoms with Crippen LogP contribution >= 0.6 is 0 Å². The Morgan fingerprint density at radius 2 is 1.08 bits per heavy atom. The Balaban J connectivity index is 5.89. The third-order valence-corrected chi connectivity index (χ3v) is 4.02. The molecular formula is C10H13F12NSi. The Hall–Kier alpha value is -0.663. The van der Waals surface area contributed by atoms with E-state index in [1.54, 1.807) is 4.98 Å². The summed E-state index contributed by atoms with van der Waals surface area (Å²) in [5, 5.41) is 0. The highest BCUT2D eigenvalue weighted by molar-refractivity contribution is 6.73. The first-order chi connectivity index (χ1) is 10.2. The zero-order chi connectivity index (χ0) is 20.0. The first-order valence-electron chi connectivity index (χ1n) is 6.07. The van der Waals surface area contributed by atoms with E-state index in [2.05, 4.69) is 0 Å². The van der Waals surface area contributed by atoms with Crippen LogP contribution in [0.4, 0.5) is 52.7 Å². The van der Waals surface area contributed by atoms with Gasteiger partial charge in [-0.05, 0) is 0 Å². The highest BCUT2D eigenvalue weighted by Gasteiger charge is 2.87. The van der Waals surface area contributed by atoms with Gasteiger partial charge < -0.3 is 4.98 Å². The van der Waals surface area contributed by atoms with E-state index >= 15 is 0 Å². The van der Waals surface area contributed by atoms with Gasteiger partial charge in [0.15, 0.2) is 0 Å². The highest BCUT2D eigenvalue weighted by atomic mass is 28.3. The molecule has 0 radical (unpaired) electrons. The summed E-state index contributed by atoms with van der Waals surface area (Å²) in [4.78, 5) is 1.75. The molecule has 0 aliphatic rings. The molecule has 0 heterocycles. The van der Waals surface area contributed by atoms with Gasteiger partial charge in [-0.25, -0.2) is 8.78 Å². The van der Waals surface area contributed by atoms with Crippen molar-refractivity contribution in [2.45, 2.75) is 55.7 Å². The first kappa shape index (κ1) is 23.3. The summed E-state index contributed by atoms with van der Waals surface area (Å²) in [5.74, 6) is -34.8. The molecule has 1 nitrogen and oxygen atoms in total. The second-order valence-electron chi connectivity index (χ2n) is 5.95. The van der Waals surface area contributed by atoms with E-state index in [1.165, 1.54) is 19.6 Å². The van der Waals surface area contributed by atoms with Gasteiger partial charge >= 0.3 is 36.0 Å². The number of nitrogens with one attached hydrogen (secondary N) is 1. The molecule has 0 aromatic rings. The Bertz CT molecular complexity index is 442. The van der Waals surface area contributed by atoms with E-state index in [-0.39, 0.29) is 0 Å². The third kappa shape index (κ3) is 3.78. The molecule has 0 unspecified atom stereocenters. The lowest BCUT2D eigenvalue weighted by atomic mass is 9.94. The Morgan fingerprint density at radius 1 is 0.708 bits per heavy atom. The van der Waals surface area contributed by atoms with Gasteiger partial charge in [-0.2, -0.15) is 43.9 Å². The number of hydrogen-bond donors (Lipinski definition) is 1. The summed E-state index contributed by atoms with van der Waals surface area (Å²) >= 11 is 0. The Morgan fingerprint density at radius 3 is 1.38 bits per heavy atom. The maximum Gasteiger partial charge on any atom is 0.384 e. The normalized spacial score (nSPS) is 16.0. The van der Waals surface area contributed by atoms with Crippen LogP contribution in [-0.2, 0) is 0 Å². The zero-order valence-corrected chi connectivity index (χ0v) is 13.3. The van der Waals surface area contributed by atoms with Crippen molar-refractivity contribution in [3.63, 3.8) is 0 Å². The molecule has 0 rings (SSSR count). The number of halogens is 12. The van der Waals surface area contributed by atoms with Crippen LogP contribution in [0.5, 0.6) is 0 Å². The summed E-state index contributed by atoms with van der Waals surface area (Å²) in [6.45, 7) is 1.55. The summed E-state index contributed by atoms with van der Waals surface area (Å²) in [5.41, 5.74) is 0. The van der Waals surface area contributed by atoms with Crippen molar-refractivity contribution in [2.75, 3.05) is 6.54 Å². The zero-order valence-electron chi connectivity index (χ0n) is 12.3. The van der Waals surface area contributed by atoms with Crippen LogP contribution in [0.2, 0.25) is 19.6 Å². The predicted octanol–water partition coefficient (Wildman–Crippen LogP) is 4.85. The summed E-state index contributed by atoms with van der Waals surface area (Å²) in [6, 6.07) is 0. The second kappa shape index (κ2) is 6.25. The summed E-state index contributed by atoms with van der Waals surface area (Å²) < 4.78 is 154. The topological polar surface area (TPSA) is 12.0 Å². The lowest BCUT2D eigenvalue weighted by molar-refractivity contribution is -0.411. The van der Waals surface area contributed by atoms with Gasteiger partial charge in [0.2, 0.25) is 0 Å². The van der Waals surface area contributed by atoms with Gasteiger partial charge in [0.25, 0.3) is 0 Å². The van der Waals surface area contributed by atoms with Crippen LogP contribution in [0.3, 0.4) is 0 Å². The molecule has 1 N–H and O–H groups in total. The largest absolute Gasteiger partial charge is 0.384 e. The molecule has 0 saturated carbocycles. The quantitative estimate of drug-likeness (QED) is 0.451. The van der Waals surface area contributed by atoms with Crippen LogP contribution in [0.15, 0.2) is 0 Å². The molecule has 0 atom stereocenters. The van der Waals surface area contributed by atoms with Gasteiger partial charge in [-0.15, -0.1) is 0 Å². The predicted molar refractivity (Wildman–Crippen MR) is 62.1 cm³/mol. The molecule has 0 aromatic carbocycles. The van der Waals surface area contributed by atoms with Gasteiger partial charge in [0, 0.05) is 0 Å². The average molecular weight is 403 g/mol. The standard InChI is InChI=1S/C10H13F12NSi/c1-24(2,3)23-4-6(13,14)8(17,18)10(21,22)9(19,20)7(15,16)5(11)12/h5,23H,4H2,1-3H3. The SMILES string of the molecule is C[Si](C)(C)NCC(F)(F)C(F)(F)C(F)(F)C(F)(F)C(F)(F)C(F)F. The number of hydrogen-bond acceptors (Lipinski definition) is 1. The molecule has 146 valence electrons. The molecule has 0 aliphatic heterocycles. The van der Waals surface area contributed by atoms with Gasteiger partial charge in [-0.1, -0.05) is 19.6 Å². The molecule has 0 aliphatic carbocycles. The van der Waals surface area contributed by atoms with Crippen molar-refractivity contribution >= 4 is 8.24 Å². The average Bonchev–Trinajstić information content (AvgIpc) is 2.34. The van der Waals surface area contributed by atoms with E-state index in [9.17, 15) is 52.7 Å². The van der Waals surface area contributed by atoms with Gasteiger partial charge in [0.05, 0.1) is 6.54 Å². The maximum atomic E-state index is 13.3. The molecule has 14 heteroatoms. The number of rotatable bonds is 8. The Labute approximate surface area is 129 Å². The third-order valence-electron chi connectivity index (χ3n) is 2.78. The first-order valence-corrected chi connectivity index (χ1v) is 9.57. The van der Waals surface area contributed by atoms with Crippen LogP contribution in [-0.4, -0.2) is 50.8 Å². The second-order valence-corrected chi connectivity index (χ2v) is 10.8. The van der Waals surface area contributed by atoms with E-state index in [1.807, 2.05) is 0 Å². The molecule has 0 aromatic heterocycles. The molecule has 0 fully saturated rings. The minimum Gasteiger partial charge on any atom is -0.332 e. The maximum absolute atomic E-state index is 13.3. The van der Waals surface area contributed by atoms with Crippen molar-refractivity contribution in [2.24, 2.45) is 0 Å². The van der Waals surface area contributed by atoms with E-state index in [0.717, 1.165) is 0 Å². The van der Waals surface area contributed by atoms with Crippen molar-refractivity contribution in [3.05, 3.63) is 0 Å². The minimum atomic E-state index is -7.45.